The quantitative estimate of drug-likeness (QED) is 0.702. The van der Waals surface area contributed by atoms with Crippen molar-refractivity contribution in [2.45, 2.75) is 37.0 Å². The molecule has 0 aliphatic heterocycles. The fourth-order valence-electron chi connectivity index (χ4n) is 2.49. The average molecular weight is 421 g/mol. The van der Waals surface area contributed by atoms with Gasteiger partial charge in [-0.25, -0.2) is 13.1 Å². The number of rotatable bonds is 5. The van der Waals surface area contributed by atoms with E-state index in [4.69, 9.17) is 23.2 Å². The number of hydrogen-bond donors (Lipinski definition) is 1. The van der Waals surface area contributed by atoms with Crippen molar-refractivity contribution >= 4 is 60.5 Å². The highest BCUT2D eigenvalue weighted by molar-refractivity contribution is 9.09. The van der Waals surface area contributed by atoms with Crippen LogP contribution in [0.1, 0.15) is 32.1 Å². The maximum absolute atomic E-state index is 12.3. The van der Waals surface area contributed by atoms with Crippen LogP contribution < -0.4 is 4.72 Å². The van der Waals surface area contributed by atoms with Crippen molar-refractivity contribution in [3.8, 4) is 0 Å². The molecule has 0 bridgehead atoms. The van der Waals surface area contributed by atoms with E-state index in [0.717, 1.165) is 42.4 Å². The third kappa shape index (κ3) is 3.90. The molecule has 1 heterocycles. The molecular weight excluding hydrogens is 405 g/mol. The van der Waals surface area contributed by atoms with E-state index >= 15 is 0 Å². The summed E-state index contributed by atoms with van der Waals surface area (Å²) in [7, 11) is -3.59. The van der Waals surface area contributed by atoms with Crippen molar-refractivity contribution < 1.29 is 8.42 Å². The first kappa shape index (κ1) is 17.0. The fraction of sp³-hybridized carbons (Fsp3) is 0.667. The molecule has 0 atom stereocenters. The minimum absolute atomic E-state index is 0.0115. The molecule has 1 aromatic rings. The Kier molecular flexibility index (Phi) is 5.82. The molecule has 1 aliphatic carbocycles. The molecule has 1 fully saturated rings. The molecule has 0 spiro atoms. The molecule has 1 aromatic heterocycles. The first-order valence-electron chi connectivity index (χ1n) is 6.39. The summed E-state index contributed by atoms with van der Waals surface area (Å²) < 4.78 is 27.9. The van der Waals surface area contributed by atoms with Crippen LogP contribution in [0.25, 0.3) is 0 Å². The Morgan fingerprint density at radius 2 is 1.95 bits per heavy atom. The Morgan fingerprint density at radius 1 is 1.30 bits per heavy atom. The molecular formula is C12H16BrCl2NO2S2. The summed E-state index contributed by atoms with van der Waals surface area (Å²) in [6.45, 7) is 0.435. The average Bonchev–Trinajstić information content (AvgIpc) is 2.78. The van der Waals surface area contributed by atoms with Crippen LogP contribution in [0.4, 0.5) is 0 Å². The molecule has 1 N–H and O–H groups in total. The van der Waals surface area contributed by atoms with Gasteiger partial charge in [-0.3, -0.25) is 0 Å². The van der Waals surface area contributed by atoms with E-state index < -0.39 is 10.0 Å². The second kappa shape index (κ2) is 6.84. The lowest BCUT2D eigenvalue weighted by atomic mass is 9.76. The third-order valence-electron chi connectivity index (χ3n) is 3.75. The van der Waals surface area contributed by atoms with Gasteiger partial charge in [-0.2, -0.15) is 0 Å². The molecule has 1 aliphatic rings. The largest absolute Gasteiger partial charge is 0.242 e. The van der Waals surface area contributed by atoms with Gasteiger partial charge >= 0.3 is 0 Å². The maximum atomic E-state index is 12.3. The van der Waals surface area contributed by atoms with Gasteiger partial charge in [-0.05, 0) is 24.3 Å². The van der Waals surface area contributed by atoms with Gasteiger partial charge in [0.2, 0.25) is 10.0 Å². The molecule has 20 heavy (non-hydrogen) atoms. The van der Waals surface area contributed by atoms with Gasteiger partial charge in [-0.1, -0.05) is 58.4 Å². The van der Waals surface area contributed by atoms with E-state index in [1.54, 1.807) is 0 Å². The van der Waals surface area contributed by atoms with E-state index in [1.165, 1.54) is 12.5 Å². The molecule has 8 heteroatoms. The van der Waals surface area contributed by atoms with E-state index in [-0.39, 0.29) is 14.6 Å². The van der Waals surface area contributed by atoms with Crippen molar-refractivity contribution in [1.29, 1.82) is 0 Å². The van der Waals surface area contributed by atoms with Gasteiger partial charge in [0.05, 0.1) is 4.34 Å². The van der Waals surface area contributed by atoms with Crippen molar-refractivity contribution in [3.63, 3.8) is 0 Å². The van der Waals surface area contributed by atoms with E-state index in [1.807, 2.05) is 0 Å². The normalized spacial score (nSPS) is 19.1. The zero-order chi connectivity index (χ0) is 14.8. The van der Waals surface area contributed by atoms with E-state index in [9.17, 15) is 8.42 Å². The van der Waals surface area contributed by atoms with Crippen LogP contribution >= 0.6 is 50.5 Å². The van der Waals surface area contributed by atoms with Crippen LogP contribution in [0.3, 0.4) is 0 Å². The predicted octanol–water partition coefficient (Wildman–Crippen LogP) is 4.68. The number of hydrogen-bond acceptors (Lipinski definition) is 3. The highest BCUT2D eigenvalue weighted by Gasteiger charge is 2.33. The summed E-state index contributed by atoms with van der Waals surface area (Å²) in [4.78, 5) is 0.0784. The number of sulfonamides is 1. The van der Waals surface area contributed by atoms with Crippen LogP contribution in [0.5, 0.6) is 0 Å². The first-order chi connectivity index (χ1) is 9.38. The van der Waals surface area contributed by atoms with Crippen molar-refractivity contribution in [1.82, 2.24) is 4.72 Å². The number of thiophene rings is 1. The Bertz CT molecular complexity index is 568. The summed E-state index contributed by atoms with van der Waals surface area (Å²) in [6.07, 6.45) is 5.61. The molecule has 2 rings (SSSR count). The lowest BCUT2D eigenvalue weighted by Gasteiger charge is -2.35. The lowest BCUT2D eigenvalue weighted by molar-refractivity contribution is 0.227. The fourth-order valence-corrected chi connectivity index (χ4v) is 6.56. The molecule has 0 unspecified atom stereocenters. The number of alkyl halides is 1. The molecule has 0 radical (unpaired) electrons. The molecule has 3 nitrogen and oxygen atoms in total. The van der Waals surface area contributed by atoms with Gasteiger partial charge in [0.15, 0.2) is 0 Å². The Balaban J connectivity index is 2.10. The van der Waals surface area contributed by atoms with Crippen LogP contribution in [0.15, 0.2) is 11.0 Å². The Hall–Kier alpha value is 0.670. The van der Waals surface area contributed by atoms with Crippen molar-refractivity contribution in [2.75, 3.05) is 11.9 Å². The zero-order valence-corrected chi connectivity index (χ0v) is 15.5. The SMILES string of the molecule is O=S(=O)(NCC1(CBr)CCCCC1)c1cc(Cl)sc1Cl. The molecule has 114 valence electrons. The molecule has 1 saturated carbocycles. The minimum atomic E-state index is -3.59. The zero-order valence-electron chi connectivity index (χ0n) is 10.8. The second-order valence-corrected chi connectivity index (χ2v) is 9.79. The third-order valence-corrected chi connectivity index (χ3v) is 8.09. The maximum Gasteiger partial charge on any atom is 0.242 e. The molecule has 0 amide bonds. The molecule has 0 aromatic carbocycles. The van der Waals surface area contributed by atoms with Crippen molar-refractivity contribution in [2.24, 2.45) is 5.41 Å². The van der Waals surface area contributed by atoms with Gasteiger partial charge in [0, 0.05) is 11.9 Å². The smallest absolute Gasteiger partial charge is 0.210 e. The summed E-state index contributed by atoms with van der Waals surface area (Å²) in [5.41, 5.74) is 0.0115. The summed E-state index contributed by atoms with van der Waals surface area (Å²) >= 11 is 16.3. The first-order valence-corrected chi connectivity index (χ1v) is 10.6. The van der Waals surface area contributed by atoms with Crippen LogP contribution in [0.2, 0.25) is 8.67 Å². The highest BCUT2D eigenvalue weighted by Crippen LogP contribution is 2.38. The highest BCUT2D eigenvalue weighted by atomic mass is 79.9. The minimum Gasteiger partial charge on any atom is -0.210 e. The summed E-state index contributed by atoms with van der Waals surface area (Å²) in [5.74, 6) is 0. The van der Waals surface area contributed by atoms with E-state index in [2.05, 4.69) is 20.7 Å². The predicted molar refractivity (Wildman–Crippen MR) is 88.8 cm³/mol. The lowest BCUT2D eigenvalue weighted by Crippen LogP contribution is -2.40. The van der Waals surface area contributed by atoms with Gasteiger partial charge < -0.3 is 0 Å². The van der Waals surface area contributed by atoms with Gasteiger partial charge in [0.1, 0.15) is 9.23 Å². The van der Waals surface area contributed by atoms with Gasteiger partial charge in [-0.15, -0.1) is 11.3 Å². The summed E-state index contributed by atoms with van der Waals surface area (Å²) in [5, 5.41) is 0.806. The Morgan fingerprint density at radius 3 is 2.45 bits per heavy atom. The van der Waals surface area contributed by atoms with Crippen molar-refractivity contribution in [3.05, 3.63) is 14.7 Å². The second-order valence-electron chi connectivity index (χ2n) is 5.21. The monoisotopic (exact) mass is 419 g/mol. The van der Waals surface area contributed by atoms with E-state index in [0.29, 0.717) is 10.9 Å². The van der Waals surface area contributed by atoms with Crippen LogP contribution in [-0.2, 0) is 10.0 Å². The standard InChI is InChI=1S/C12H16BrCl2NO2S2/c13-7-12(4-2-1-3-5-12)8-16-20(17,18)9-6-10(14)19-11(9)15/h6,16H,1-5,7-8H2. The topological polar surface area (TPSA) is 46.2 Å². The van der Waals surface area contributed by atoms with Crippen LogP contribution in [-0.4, -0.2) is 20.3 Å². The Labute approximate surface area is 142 Å². The number of nitrogens with one attached hydrogen (secondary N) is 1. The number of halogens is 3. The summed E-state index contributed by atoms with van der Waals surface area (Å²) in [6, 6.07) is 1.40. The van der Waals surface area contributed by atoms with Gasteiger partial charge in [0.25, 0.3) is 0 Å². The molecule has 0 saturated heterocycles. The van der Waals surface area contributed by atoms with Crippen LogP contribution in [0, 0.1) is 5.41 Å².